The topological polar surface area (TPSA) is 108 Å². The first-order valence-corrected chi connectivity index (χ1v) is 11.4. The van der Waals surface area contributed by atoms with Crippen molar-refractivity contribution in [3.63, 3.8) is 0 Å². The zero-order valence-electron chi connectivity index (χ0n) is 18.8. The number of hydrogen-bond donors (Lipinski definition) is 3. The molecule has 0 radical (unpaired) electrons. The van der Waals surface area contributed by atoms with Crippen LogP contribution in [0.15, 0.2) is 35.9 Å². The number of nitrogens with one attached hydrogen (secondary N) is 1. The van der Waals surface area contributed by atoms with Gasteiger partial charge in [-0.25, -0.2) is 0 Å². The van der Waals surface area contributed by atoms with Crippen molar-refractivity contribution in [1.82, 2.24) is 10.2 Å². The van der Waals surface area contributed by atoms with Crippen LogP contribution in [0, 0.1) is 0 Å². The van der Waals surface area contributed by atoms with Gasteiger partial charge < -0.3 is 29.9 Å². The lowest BCUT2D eigenvalue weighted by Gasteiger charge is -2.40. The third-order valence-electron chi connectivity index (χ3n) is 5.91. The number of benzene rings is 1. The predicted molar refractivity (Wildman–Crippen MR) is 119 cm³/mol. The molecule has 3 N–H and O–H groups in total. The van der Waals surface area contributed by atoms with Crippen molar-refractivity contribution in [2.45, 2.75) is 57.3 Å². The van der Waals surface area contributed by atoms with Crippen LogP contribution in [-0.4, -0.2) is 78.1 Å². The van der Waals surface area contributed by atoms with Gasteiger partial charge >= 0.3 is 0 Å². The molecule has 4 atom stereocenters. The average Bonchev–Trinajstić information content (AvgIpc) is 3.19. The number of hydrogen-bond acceptors (Lipinski definition) is 6. The van der Waals surface area contributed by atoms with Crippen LogP contribution in [0.5, 0.6) is 5.75 Å². The highest BCUT2D eigenvalue weighted by molar-refractivity contribution is 5.96. The summed E-state index contributed by atoms with van der Waals surface area (Å²) in [5.41, 5.74) is 1.28. The number of amides is 2. The van der Waals surface area contributed by atoms with E-state index in [0.29, 0.717) is 50.3 Å². The summed E-state index contributed by atoms with van der Waals surface area (Å²) in [6, 6.07) is 6.74. The second-order valence-electron chi connectivity index (χ2n) is 8.07. The number of rotatable bonds is 11. The molecule has 0 fully saturated rings. The maximum atomic E-state index is 13.0. The monoisotopic (exact) mass is 446 g/mol. The number of nitrogens with zero attached hydrogens (tertiary/aromatic N) is 1. The highest BCUT2D eigenvalue weighted by Crippen LogP contribution is 2.47. The Labute approximate surface area is 189 Å². The van der Waals surface area contributed by atoms with Crippen LogP contribution in [0.4, 0.5) is 0 Å². The molecule has 2 aliphatic rings. The number of aliphatic hydroxyl groups is 2. The maximum absolute atomic E-state index is 13.0. The molecule has 2 amide bonds. The van der Waals surface area contributed by atoms with Crippen LogP contribution in [0.1, 0.15) is 44.6 Å². The minimum atomic E-state index is -0.991. The molecule has 0 saturated heterocycles. The Morgan fingerprint density at radius 2 is 2.03 bits per heavy atom. The lowest BCUT2D eigenvalue weighted by atomic mass is 9.77. The summed E-state index contributed by atoms with van der Waals surface area (Å²) in [5, 5.41) is 23.2. The van der Waals surface area contributed by atoms with Crippen molar-refractivity contribution in [3.05, 3.63) is 41.5 Å². The van der Waals surface area contributed by atoms with Gasteiger partial charge in [-0.05, 0) is 31.9 Å². The smallest absolute Gasteiger partial charge is 0.247 e. The average molecular weight is 447 g/mol. The van der Waals surface area contributed by atoms with Gasteiger partial charge in [-0.3, -0.25) is 9.59 Å². The Hall–Kier alpha value is -2.42. The second kappa shape index (κ2) is 11.4. The minimum Gasteiger partial charge on any atom is -0.486 e. The molecule has 176 valence electrons. The first-order valence-electron chi connectivity index (χ1n) is 11.4. The van der Waals surface area contributed by atoms with E-state index in [1.54, 1.807) is 11.0 Å². The molecular formula is C24H34N2O6. The largest absolute Gasteiger partial charge is 0.486 e. The Morgan fingerprint density at radius 1 is 1.25 bits per heavy atom. The summed E-state index contributed by atoms with van der Waals surface area (Å²) in [4.78, 5) is 27.7. The summed E-state index contributed by atoms with van der Waals surface area (Å²) < 4.78 is 11.5. The molecule has 1 aromatic rings. The summed E-state index contributed by atoms with van der Waals surface area (Å²) in [7, 11) is 0. The fourth-order valence-electron chi connectivity index (χ4n) is 4.47. The van der Waals surface area contributed by atoms with E-state index >= 15 is 0 Å². The highest BCUT2D eigenvalue weighted by atomic mass is 16.5. The van der Waals surface area contributed by atoms with Crippen molar-refractivity contribution < 1.29 is 29.3 Å². The fraction of sp³-hybridized carbons (Fsp3) is 0.583. The molecule has 0 saturated carbocycles. The molecule has 1 aliphatic carbocycles. The SMILES string of the molecule is CCCC(=O)N(CCCOCC)C1C=C(C(=O)NCCO)C2c3ccccc3OC2C1O. The van der Waals surface area contributed by atoms with Gasteiger partial charge in [-0.1, -0.05) is 25.1 Å². The van der Waals surface area contributed by atoms with Gasteiger partial charge in [-0.2, -0.15) is 0 Å². The van der Waals surface area contributed by atoms with Crippen molar-refractivity contribution in [2.24, 2.45) is 0 Å². The standard InChI is InChI=1S/C24H34N2O6/c1-3-8-20(28)26(12-7-14-31-4-2)18-15-17(24(30)25-11-13-27)21-16-9-5-6-10-19(16)32-23(21)22(18)29/h5-6,9-10,15,18,21-23,27,29H,3-4,7-8,11-14H2,1-2H3,(H,25,30). The second-order valence-corrected chi connectivity index (χ2v) is 8.07. The van der Waals surface area contributed by atoms with Crippen molar-refractivity contribution in [2.75, 3.05) is 32.9 Å². The van der Waals surface area contributed by atoms with E-state index < -0.39 is 24.2 Å². The van der Waals surface area contributed by atoms with E-state index in [1.165, 1.54) is 0 Å². The lowest BCUT2D eigenvalue weighted by molar-refractivity contribution is -0.137. The van der Waals surface area contributed by atoms with Crippen LogP contribution in [-0.2, 0) is 14.3 Å². The van der Waals surface area contributed by atoms with E-state index in [9.17, 15) is 14.7 Å². The third-order valence-corrected chi connectivity index (χ3v) is 5.91. The van der Waals surface area contributed by atoms with Crippen molar-refractivity contribution in [3.8, 4) is 5.75 Å². The van der Waals surface area contributed by atoms with Crippen LogP contribution in [0.25, 0.3) is 0 Å². The van der Waals surface area contributed by atoms with Crippen LogP contribution >= 0.6 is 0 Å². The fourth-order valence-corrected chi connectivity index (χ4v) is 4.47. The normalized spacial score (nSPS) is 23.6. The van der Waals surface area contributed by atoms with E-state index in [0.717, 1.165) is 5.56 Å². The van der Waals surface area contributed by atoms with E-state index in [2.05, 4.69) is 5.32 Å². The first kappa shape index (κ1) is 24.2. The van der Waals surface area contributed by atoms with Crippen LogP contribution in [0.2, 0.25) is 0 Å². The lowest BCUT2D eigenvalue weighted by Crippen LogP contribution is -2.56. The van der Waals surface area contributed by atoms with Crippen LogP contribution in [0.3, 0.4) is 0 Å². The quantitative estimate of drug-likeness (QED) is 0.443. The zero-order chi connectivity index (χ0) is 23.1. The molecule has 0 aromatic heterocycles. The van der Waals surface area contributed by atoms with Gasteiger partial charge in [0.15, 0.2) is 0 Å². The molecule has 8 nitrogen and oxygen atoms in total. The Morgan fingerprint density at radius 3 is 2.75 bits per heavy atom. The number of para-hydroxylation sites is 1. The molecule has 0 bridgehead atoms. The van der Waals surface area contributed by atoms with Gasteiger partial charge in [-0.15, -0.1) is 0 Å². The predicted octanol–water partition coefficient (Wildman–Crippen LogP) is 1.36. The molecule has 1 aliphatic heterocycles. The maximum Gasteiger partial charge on any atom is 0.247 e. The number of fused-ring (bicyclic) bond motifs is 3. The molecule has 1 aromatic carbocycles. The highest BCUT2D eigenvalue weighted by Gasteiger charge is 2.50. The summed E-state index contributed by atoms with van der Waals surface area (Å²) in [5.74, 6) is -0.217. The van der Waals surface area contributed by atoms with Crippen LogP contribution < -0.4 is 10.1 Å². The third kappa shape index (κ3) is 5.14. The van der Waals surface area contributed by atoms with E-state index in [1.807, 2.05) is 38.1 Å². The summed E-state index contributed by atoms with van der Waals surface area (Å²) in [6.07, 6.45) is 1.70. The molecule has 8 heteroatoms. The molecule has 3 rings (SSSR count). The first-order chi connectivity index (χ1) is 15.5. The number of ether oxygens (including phenoxy) is 2. The van der Waals surface area contributed by atoms with Gasteiger partial charge in [0.1, 0.15) is 18.0 Å². The summed E-state index contributed by atoms with van der Waals surface area (Å²) >= 11 is 0. The molecule has 0 spiro atoms. The Balaban J connectivity index is 1.96. The molecule has 1 heterocycles. The van der Waals surface area contributed by atoms with E-state index in [4.69, 9.17) is 14.6 Å². The summed E-state index contributed by atoms with van der Waals surface area (Å²) in [6.45, 7) is 5.31. The Kier molecular flexibility index (Phi) is 8.67. The van der Waals surface area contributed by atoms with Crippen molar-refractivity contribution >= 4 is 11.8 Å². The number of carbonyl (C=O) groups is 2. The molecule has 4 unspecified atom stereocenters. The van der Waals surface area contributed by atoms with E-state index in [-0.39, 0.29) is 25.0 Å². The van der Waals surface area contributed by atoms with Crippen molar-refractivity contribution in [1.29, 1.82) is 0 Å². The minimum absolute atomic E-state index is 0.0756. The van der Waals surface area contributed by atoms with Gasteiger partial charge in [0.25, 0.3) is 0 Å². The van der Waals surface area contributed by atoms with Gasteiger partial charge in [0.05, 0.1) is 18.6 Å². The molecular weight excluding hydrogens is 412 g/mol. The number of aliphatic hydroxyl groups excluding tert-OH is 2. The van der Waals surface area contributed by atoms with Gasteiger partial charge in [0.2, 0.25) is 11.8 Å². The molecule has 32 heavy (non-hydrogen) atoms. The Bertz CT molecular complexity index is 826. The zero-order valence-corrected chi connectivity index (χ0v) is 18.8. The van der Waals surface area contributed by atoms with Gasteiger partial charge in [0, 0.05) is 43.9 Å². The number of carbonyl (C=O) groups excluding carboxylic acids is 2.